The van der Waals surface area contributed by atoms with Crippen LogP contribution in [0, 0.1) is 0 Å². The molecule has 1 aliphatic rings. The topological polar surface area (TPSA) is 49.4 Å². The van der Waals surface area contributed by atoms with E-state index in [0.717, 1.165) is 12.1 Å². The van der Waals surface area contributed by atoms with Crippen molar-refractivity contribution in [3.05, 3.63) is 69.2 Å². The Balaban J connectivity index is 1.63. The zero-order valence-electron chi connectivity index (χ0n) is 15.1. The van der Waals surface area contributed by atoms with Crippen molar-refractivity contribution < 1.29 is 22.8 Å². The number of hydrogen-bond acceptors (Lipinski definition) is 2. The summed E-state index contributed by atoms with van der Waals surface area (Å²) in [4.78, 5) is 26.6. The monoisotopic (exact) mass is 444 g/mol. The Morgan fingerprint density at radius 3 is 2.31 bits per heavy atom. The molecule has 154 valence electrons. The Labute approximate surface area is 175 Å². The summed E-state index contributed by atoms with van der Waals surface area (Å²) in [6, 6.07) is 8.95. The molecule has 2 aromatic carbocycles. The van der Waals surface area contributed by atoms with Gasteiger partial charge in [-0.2, -0.15) is 13.2 Å². The van der Waals surface area contributed by atoms with Crippen LogP contribution >= 0.6 is 23.2 Å². The summed E-state index contributed by atoms with van der Waals surface area (Å²) in [5, 5.41) is 3.33. The maximum Gasteiger partial charge on any atom is 0.417 e. The second kappa shape index (κ2) is 8.63. The second-order valence-electron chi connectivity index (χ2n) is 6.71. The van der Waals surface area contributed by atoms with Crippen molar-refractivity contribution in [1.82, 2.24) is 10.2 Å². The Kier molecular flexibility index (Phi) is 6.39. The highest BCUT2D eigenvalue weighted by Crippen LogP contribution is 2.32. The number of carbonyl (C=O) groups excluding carboxylic acids is 2. The zero-order valence-corrected chi connectivity index (χ0v) is 16.6. The fourth-order valence-corrected chi connectivity index (χ4v) is 3.62. The molecule has 29 heavy (non-hydrogen) atoms. The molecule has 2 amide bonds. The Bertz CT molecular complexity index is 926. The van der Waals surface area contributed by atoms with Crippen LogP contribution < -0.4 is 5.32 Å². The van der Waals surface area contributed by atoms with Crippen molar-refractivity contribution in [2.45, 2.75) is 25.1 Å². The van der Waals surface area contributed by atoms with Gasteiger partial charge in [0.1, 0.15) is 0 Å². The standard InChI is InChI=1S/C20H17Cl2F3N2O2/c21-12-5-6-17(22)15(11-12)19(29)27-9-7-13(8-10-27)26-18(28)14-3-1-2-4-16(14)20(23,24)25/h1-6,11,13H,7-10H2,(H,26,28). The molecule has 1 N–H and O–H groups in total. The molecule has 0 atom stereocenters. The molecule has 0 spiro atoms. The number of hydrogen-bond donors (Lipinski definition) is 1. The van der Waals surface area contributed by atoms with Crippen molar-refractivity contribution >= 4 is 35.0 Å². The highest BCUT2D eigenvalue weighted by atomic mass is 35.5. The van der Waals surface area contributed by atoms with Gasteiger partial charge in [-0.1, -0.05) is 35.3 Å². The number of benzene rings is 2. The lowest BCUT2D eigenvalue weighted by atomic mass is 10.0. The number of carbonyl (C=O) groups is 2. The minimum absolute atomic E-state index is 0.273. The lowest BCUT2D eigenvalue weighted by Crippen LogP contribution is -2.46. The maximum atomic E-state index is 13.1. The third-order valence-corrected chi connectivity index (χ3v) is 5.32. The van der Waals surface area contributed by atoms with E-state index in [9.17, 15) is 22.8 Å². The van der Waals surface area contributed by atoms with Crippen LogP contribution in [0.25, 0.3) is 0 Å². The molecule has 0 unspecified atom stereocenters. The summed E-state index contributed by atoms with van der Waals surface area (Å²) >= 11 is 12.0. The van der Waals surface area contributed by atoms with Gasteiger partial charge in [0.15, 0.2) is 0 Å². The molecular formula is C20H17Cl2F3N2O2. The van der Waals surface area contributed by atoms with Crippen LogP contribution in [0.5, 0.6) is 0 Å². The van der Waals surface area contributed by atoms with Gasteiger partial charge in [-0.25, -0.2) is 0 Å². The van der Waals surface area contributed by atoms with E-state index in [-0.39, 0.29) is 11.9 Å². The van der Waals surface area contributed by atoms with E-state index in [1.807, 2.05) is 0 Å². The molecule has 1 aliphatic heterocycles. The molecule has 0 radical (unpaired) electrons. The first kappa shape index (κ1) is 21.5. The third-order valence-electron chi connectivity index (χ3n) is 4.75. The van der Waals surface area contributed by atoms with Crippen LogP contribution in [0.15, 0.2) is 42.5 Å². The fourth-order valence-electron chi connectivity index (χ4n) is 3.25. The van der Waals surface area contributed by atoms with Crippen LogP contribution in [-0.2, 0) is 6.18 Å². The van der Waals surface area contributed by atoms with E-state index >= 15 is 0 Å². The van der Waals surface area contributed by atoms with Gasteiger partial charge in [0.2, 0.25) is 0 Å². The van der Waals surface area contributed by atoms with Gasteiger partial charge in [0.05, 0.1) is 21.7 Å². The highest BCUT2D eigenvalue weighted by molar-refractivity contribution is 6.35. The van der Waals surface area contributed by atoms with Crippen LogP contribution in [0.1, 0.15) is 39.1 Å². The van der Waals surface area contributed by atoms with Gasteiger partial charge < -0.3 is 10.2 Å². The van der Waals surface area contributed by atoms with Crippen molar-refractivity contribution in [3.63, 3.8) is 0 Å². The van der Waals surface area contributed by atoms with Crippen molar-refractivity contribution in [2.24, 2.45) is 0 Å². The average Bonchev–Trinajstić information content (AvgIpc) is 2.69. The van der Waals surface area contributed by atoms with Gasteiger partial charge in [-0.3, -0.25) is 9.59 Å². The van der Waals surface area contributed by atoms with Crippen LogP contribution in [0.3, 0.4) is 0 Å². The molecule has 0 aliphatic carbocycles. The lowest BCUT2D eigenvalue weighted by molar-refractivity contribution is -0.137. The molecule has 0 saturated carbocycles. The van der Waals surface area contributed by atoms with Gasteiger partial charge in [0.25, 0.3) is 11.8 Å². The van der Waals surface area contributed by atoms with E-state index in [4.69, 9.17) is 23.2 Å². The Morgan fingerprint density at radius 1 is 1.00 bits per heavy atom. The van der Waals surface area contributed by atoms with Crippen LogP contribution in [-0.4, -0.2) is 35.8 Å². The summed E-state index contributed by atoms with van der Waals surface area (Å²) in [7, 11) is 0. The normalized spacial score (nSPS) is 15.3. The molecule has 3 rings (SSSR count). The number of nitrogens with zero attached hydrogens (tertiary/aromatic N) is 1. The Morgan fingerprint density at radius 2 is 1.66 bits per heavy atom. The van der Waals surface area contributed by atoms with E-state index in [2.05, 4.69) is 5.32 Å². The minimum atomic E-state index is -4.61. The number of alkyl halides is 3. The van der Waals surface area contributed by atoms with Crippen molar-refractivity contribution in [3.8, 4) is 0 Å². The quantitative estimate of drug-likeness (QED) is 0.720. The number of piperidine rings is 1. The summed E-state index contributed by atoms with van der Waals surface area (Å²) < 4.78 is 39.3. The van der Waals surface area contributed by atoms with E-state index in [1.165, 1.54) is 18.2 Å². The second-order valence-corrected chi connectivity index (χ2v) is 7.55. The van der Waals surface area contributed by atoms with E-state index in [0.29, 0.717) is 41.5 Å². The zero-order chi connectivity index (χ0) is 21.2. The first-order valence-electron chi connectivity index (χ1n) is 8.88. The molecule has 2 aromatic rings. The average molecular weight is 445 g/mol. The first-order chi connectivity index (χ1) is 13.7. The Hall–Kier alpha value is -2.25. The molecule has 1 heterocycles. The van der Waals surface area contributed by atoms with Crippen LogP contribution in [0.4, 0.5) is 13.2 Å². The van der Waals surface area contributed by atoms with Gasteiger partial charge in [-0.15, -0.1) is 0 Å². The van der Waals surface area contributed by atoms with Gasteiger partial charge >= 0.3 is 6.18 Å². The summed E-state index contributed by atoms with van der Waals surface area (Å²) in [5.74, 6) is -1.05. The number of nitrogens with one attached hydrogen (secondary N) is 1. The molecule has 4 nitrogen and oxygen atoms in total. The van der Waals surface area contributed by atoms with Gasteiger partial charge in [0, 0.05) is 24.2 Å². The minimum Gasteiger partial charge on any atom is -0.349 e. The van der Waals surface area contributed by atoms with E-state index < -0.39 is 23.2 Å². The van der Waals surface area contributed by atoms with Crippen molar-refractivity contribution in [2.75, 3.05) is 13.1 Å². The summed E-state index contributed by atoms with van der Waals surface area (Å²) in [5.41, 5.74) is -1.09. The number of amides is 2. The number of likely N-dealkylation sites (tertiary alicyclic amines) is 1. The predicted octanol–water partition coefficient (Wildman–Crippen LogP) is 5.05. The first-order valence-corrected chi connectivity index (χ1v) is 9.64. The molecule has 0 bridgehead atoms. The highest BCUT2D eigenvalue weighted by Gasteiger charge is 2.35. The molecular weight excluding hydrogens is 428 g/mol. The lowest BCUT2D eigenvalue weighted by Gasteiger charge is -2.32. The van der Waals surface area contributed by atoms with Crippen molar-refractivity contribution in [1.29, 1.82) is 0 Å². The molecule has 1 saturated heterocycles. The van der Waals surface area contributed by atoms with E-state index in [1.54, 1.807) is 17.0 Å². The smallest absolute Gasteiger partial charge is 0.349 e. The largest absolute Gasteiger partial charge is 0.417 e. The number of rotatable bonds is 3. The van der Waals surface area contributed by atoms with Gasteiger partial charge in [-0.05, 0) is 43.2 Å². The molecule has 1 fully saturated rings. The molecule has 9 heteroatoms. The molecule has 0 aromatic heterocycles. The number of halogens is 5. The summed E-state index contributed by atoms with van der Waals surface area (Å²) in [6.45, 7) is 0.682. The third kappa shape index (κ3) is 5.03. The van der Waals surface area contributed by atoms with Crippen LogP contribution in [0.2, 0.25) is 10.0 Å². The predicted molar refractivity (Wildman–Crippen MR) is 104 cm³/mol. The maximum absolute atomic E-state index is 13.1. The fraction of sp³-hybridized carbons (Fsp3) is 0.300. The SMILES string of the molecule is O=C(NC1CCN(C(=O)c2cc(Cl)ccc2Cl)CC1)c1ccccc1C(F)(F)F. The summed E-state index contributed by atoms with van der Waals surface area (Å²) in [6.07, 6.45) is -3.77.